The van der Waals surface area contributed by atoms with Crippen molar-refractivity contribution in [3.8, 4) is 11.5 Å². The normalized spacial score (nSPS) is 15.7. The summed E-state index contributed by atoms with van der Waals surface area (Å²) < 4.78 is 10.5. The van der Waals surface area contributed by atoms with Crippen molar-refractivity contribution in [2.45, 2.75) is 32.1 Å². The van der Waals surface area contributed by atoms with Gasteiger partial charge in [0.25, 0.3) is 0 Å². The van der Waals surface area contributed by atoms with Crippen molar-refractivity contribution in [2.24, 2.45) is 0 Å². The molecule has 1 N–H and O–H groups in total. The van der Waals surface area contributed by atoms with Crippen molar-refractivity contribution < 1.29 is 19.4 Å². The summed E-state index contributed by atoms with van der Waals surface area (Å²) in [4.78, 5) is 11.6. The third kappa shape index (κ3) is 3.91. The van der Waals surface area contributed by atoms with Crippen molar-refractivity contribution >= 4 is 12.0 Å². The van der Waals surface area contributed by atoms with E-state index in [1.54, 1.807) is 32.4 Å². The highest BCUT2D eigenvalue weighted by atomic mass is 16.5. The minimum atomic E-state index is -0.886. The summed E-state index contributed by atoms with van der Waals surface area (Å²) in [5.74, 6) is 0.337. The fourth-order valence-electron chi connectivity index (χ4n) is 2.66. The van der Waals surface area contributed by atoms with E-state index in [9.17, 15) is 9.90 Å². The van der Waals surface area contributed by atoms with Crippen LogP contribution in [-0.4, -0.2) is 25.3 Å². The average Bonchev–Trinajstić information content (AvgIpc) is 2.81. The monoisotopic (exact) mass is 302 g/mol. The summed E-state index contributed by atoms with van der Waals surface area (Å²) in [6.07, 6.45) is 8.88. The molecular weight excluding hydrogens is 280 g/mol. The number of hydrogen-bond acceptors (Lipinski definition) is 3. The highest BCUT2D eigenvalue weighted by molar-refractivity contribution is 5.97. The quantitative estimate of drug-likeness (QED) is 0.833. The highest BCUT2D eigenvalue weighted by Crippen LogP contribution is 2.30. The molecule has 0 spiro atoms. The van der Waals surface area contributed by atoms with Crippen LogP contribution in [0, 0.1) is 0 Å². The molecule has 118 valence electrons. The number of aliphatic carboxylic acids is 1. The number of ether oxygens (including phenoxy) is 2. The molecule has 0 bridgehead atoms. The molecule has 0 amide bonds. The van der Waals surface area contributed by atoms with Gasteiger partial charge in [0.2, 0.25) is 0 Å². The molecule has 0 fully saturated rings. The summed E-state index contributed by atoms with van der Waals surface area (Å²) >= 11 is 0. The van der Waals surface area contributed by atoms with Crippen molar-refractivity contribution in [2.75, 3.05) is 14.2 Å². The molecule has 0 heterocycles. The first-order valence-corrected chi connectivity index (χ1v) is 7.52. The minimum Gasteiger partial charge on any atom is -0.493 e. The molecule has 2 rings (SSSR count). The van der Waals surface area contributed by atoms with E-state index in [0.717, 1.165) is 43.2 Å². The molecule has 22 heavy (non-hydrogen) atoms. The van der Waals surface area contributed by atoms with E-state index >= 15 is 0 Å². The van der Waals surface area contributed by atoms with Gasteiger partial charge in [-0.15, -0.1) is 0 Å². The first-order valence-electron chi connectivity index (χ1n) is 7.52. The Kier molecular flexibility index (Phi) is 5.64. The zero-order valence-corrected chi connectivity index (χ0v) is 13.1. The summed E-state index contributed by atoms with van der Waals surface area (Å²) in [7, 11) is 3.14. The van der Waals surface area contributed by atoms with Crippen LogP contribution in [0.4, 0.5) is 0 Å². The van der Waals surface area contributed by atoms with Gasteiger partial charge >= 0.3 is 5.97 Å². The van der Waals surface area contributed by atoms with Crippen LogP contribution in [0.1, 0.15) is 37.7 Å². The van der Waals surface area contributed by atoms with Gasteiger partial charge in [0, 0.05) is 0 Å². The Hall–Kier alpha value is -2.23. The molecule has 0 saturated carbocycles. The predicted molar refractivity (Wildman–Crippen MR) is 86.3 cm³/mol. The molecule has 0 unspecified atom stereocenters. The van der Waals surface area contributed by atoms with Crippen LogP contribution in [0.15, 0.2) is 35.4 Å². The second-order valence-corrected chi connectivity index (χ2v) is 5.31. The topological polar surface area (TPSA) is 55.8 Å². The SMILES string of the molecule is COc1ccc(C=C(C(=O)O)C2=CCCCCC2)cc1OC. The van der Waals surface area contributed by atoms with Crippen LogP contribution in [0.25, 0.3) is 6.08 Å². The van der Waals surface area contributed by atoms with E-state index in [-0.39, 0.29) is 0 Å². The zero-order valence-electron chi connectivity index (χ0n) is 13.1. The van der Waals surface area contributed by atoms with E-state index in [0.29, 0.717) is 17.1 Å². The van der Waals surface area contributed by atoms with Gasteiger partial charge in [0.15, 0.2) is 11.5 Å². The van der Waals surface area contributed by atoms with Crippen LogP contribution < -0.4 is 9.47 Å². The molecular formula is C18H22O4. The molecule has 1 aliphatic rings. The highest BCUT2D eigenvalue weighted by Gasteiger charge is 2.15. The lowest BCUT2D eigenvalue weighted by atomic mass is 9.98. The molecule has 4 nitrogen and oxygen atoms in total. The Morgan fingerprint density at radius 1 is 1.14 bits per heavy atom. The first-order chi connectivity index (χ1) is 10.7. The Balaban J connectivity index is 2.37. The van der Waals surface area contributed by atoms with Crippen LogP contribution in [0.5, 0.6) is 11.5 Å². The fraction of sp³-hybridized carbons (Fsp3) is 0.389. The maximum atomic E-state index is 11.6. The number of benzene rings is 1. The lowest BCUT2D eigenvalue weighted by Gasteiger charge is -2.10. The Morgan fingerprint density at radius 2 is 1.91 bits per heavy atom. The molecule has 1 aromatic carbocycles. The Bertz CT molecular complexity index is 599. The van der Waals surface area contributed by atoms with Gasteiger partial charge in [-0.2, -0.15) is 0 Å². The fourth-order valence-corrected chi connectivity index (χ4v) is 2.66. The first kappa shape index (κ1) is 16.1. The summed E-state index contributed by atoms with van der Waals surface area (Å²) in [6.45, 7) is 0. The number of rotatable bonds is 5. The lowest BCUT2D eigenvalue weighted by Crippen LogP contribution is -2.04. The van der Waals surface area contributed by atoms with Crippen molar-refractivity contribution in [1.82, 2.24) is 0 Å². The number of carboxylic acids is 1. The minimum absolute atomic E-state index is 0.370. The van der Waals surface area contributed by atoms with Crippen LogP contribution in [0.2, 0.25) is 0 Å². The summed E-state index contributed by atoms with van der Waals surface area (Å²) in [5, 5.41) is 9.54. The van der Waals surface area contributed by atoms with Crippen molar-refractivity contribution in [3.05, 3.63) is 41.0 Å². The standard InChI is InChI=1S/C18H22O4/c1-21-16-10-9-13(12-17(16)22-2)11-15(18(19)20)14-7-5-3-4-6-8-14/h7,9-12H,3-6,8H2,1-2H3,(H,19,20). The predicted octanol–water partition coefficient (Wildman–Crippen LogP) is 4.06. The number of hydrogen-bond donors (Lipinski definition) is 1. The molecule has 0 saturated heterocycles. The number of carboxylic acid groups (broad SMARTS) is 1. The molecule has 0 aromatic heterocycles. The van der Waals surface area contributed by atoms with Gasteiger partial charge in [0.1, 0.15) is 0 Å². The Labute approximate surface area is 131 Å². The van der Waals surface area contributed by atoms with Gasteiger partial charge in [-0.05, 0) is 55.0 Å². The molecule has 1 aliphatic carbocycles. The van der Waals surface area contributed by atoms with Gasteiger partial charge in [0.05, 0.1) is 19.8 Å². The average molecular weight is 302 g/mol. The molecule has 1 aromatic rings. The molecule has 0 aliphatic heterocycles. The second kappa shape index (κ2) is 7.69. The maximum absolute atomic E-state index is 11.6. The summed E-state index contributed by atoms with van der Waals surface area (Å²) in [6, 6.07) is 5.41. The van der Waals surface area contributed by atoms with E-state index in [2.05, 4.69) is 6.08 Å². The second-order valence-electron chi connectivity index (χ2n) is 5.31. The zero-order chi connectivity index (χ0) is 15.9. The van der Waals surface area contributed by atoms with E-state index in [4.69, 9.17) is 9.47 Å². The third-order valence-electron chi connectivity index (χ3n) is 3.84. The smallest absolute Gasteiger partial charge is 0.335 e. The van der Waals surface area contributed by atoms with Crippen molar-refractivity contribution in [3.63, 3.8) is 0 Å². The number of carbonyl (C=O) groups is 1. The van der Waals surface area contributed by atoms with Gasteiger partial charge in [-0.3, -0.25) is 0 Å². The van der Waals surface area contributed by atoms with Crippen molar-refractivity contribution in [1.29, 1.82) is 0 Å². The Morgan fingerprint density at radius 3 is 2.59 bits per heavy atom. The van der Waals surface area contributed by atoms with Crippen LogP contribution >= 0.6 is 0 Å². The third-order valence-corrected chi connectivity index (χ3v) is 3.84. The van der Waals surface area contributed by atoms with Gasteiger partial charge < -0.3 is 14.6 Å². The molecule has 0 radical (unpaired) electrons. The largest absolute Gasteiger partial charge is 0.493 e. The molecule has 4 heteroatoms. The lowest BCUT2D eigenvalue weighted by molar-refractivity contribution is -0.132. The van der Waals surface area contributed by atoms with E-state index in [1.807, 2.05) is 6.07 Å². The van der Waals surface area contributed by atoms with E-state index < -0.39 is 5.97 Å². The molecule has 0 atom stereocenters. The summed E-state index contributed by atoms with van der Waals surface area (Å²) in [5.41, 5.74) is 2.09. The van der Waals surface area contributed by atoms with Crippen LogP contribution in [-0.2, 0) is 4.79 Å². The van der Waals surface area contributed by atoms with E-state index in [1.165, 1.54) is 0 Å². The van der Waals surface area contributed by atoms with Crippen LogP contribution in [0.3, 0.4) is 0 Å². The van der Waals surface area contributed by atoms with Gasteiger partial charge in [-0.1, -0.05) is 18.6 Å². The number of allylic oxidation sites excluding steroid dienone is 1. The number of methoxy groups -OCH3 is 2. The van der Waals surface area contributed by atoms with Gasteiger partial charge in [-0.25, -0.2) is 4.79 Å². The maximum Gasteiger partial charge on any atom is 0.335 e.